The number of ketones is 1. The van der Waals surface area contributed by atoms with Gasteiger partial charge in [-0.1, -0.05) is 12.5 Å². The number of allylic oxidation sites excluding steroid dienone is 1. The average molecular weight is 384 g/mol. The molecule has 2 N–H and O–H groups in total. The first-order valence-corrected chi connectivity index (χ1v) is 9.31. The monoisotopic (exact) mass is 384 g/mol. The molecular formula is C22H24O6. The second-order valence-electron chi connectivity index (χ2n) is 6.52. The molecule has 0 aliphatic carbocycles. The van der Waals surface area contributed by atoms with Crippen molar-refractivity contribution >= 4 is 11.9 Å². The second-order valence-corrected chi connectivity index (χ2v) is 6.52. The van der Waals surface area contributed by atoms with Crippen molar-refractivity contribution in [1.82, 2.24) is 0 Å². The minimum atomic E-state index is -0.197. The molecule has 0 amide bonds. The van der Waals surface area contributed by atoms with Crippen LogP contribution in [0.4, 0.5) is 0 Å². The molecule has 1 aliphatic rings. The van der Waals surface area contributed by atoms with Gasteiger partial charge in [-0.3, -0.25) is 4.79 Å². The lowest BCUT2D eigenvalue weighted by atomic mass is 10.1. The molecule has 0 aromatic heterocycles. The summed E-state index contributed by atoms with van der Waals surface area (Å²) in [6.07, 6.45) is 5.33. The molecule has 0 atom stereocenters. The highest BCUT2D eigenvalue weighted by Crippen LogP contribution is 2.35. The molecule has 0 radical (unpaired) electrons. The molecule has 2 aromatic rings. The number of benzene rings is 2. The molecule has 28 heavy (non-hydrogen) atoms. The van der Waals surface area contributed by atoms with Crippen LogP contribution in [0.2, 0.25) is 0 Å². The van der Waals surface area contributed by atoms with Crippen LogP contribution in [-0.4, -0.2) is 36.3 Å². The van der Waals surface area contributed by atoms with Gasteiger partial charge in [0.05, 0.1) is 19.3 Å². The van der Waals surface area contributed by atoms with E-state index in [2.05, 4.69) is 0 Å². The smallest absolute Gasteiger partial charge is 0.231 e. The summed E-state index contributed by atoms with van der Waals surface area (Å²) in [5.41, 5.74) is 1.18. The first kappa shape index (κ1) is 19.8. The lowest BCUT2D eigenvalue weighted by Gasteiger charge is -2.07. The Bertz CT molecular complexity index is 871. The molecule has 148 valence electrons. The molecule has 0 unspecified atom stereocenters. The molecule has 1 heterocycles. The molecule has 0 fully saturated rings. The maximum absolute atomic E-state index is 12.6. The molecule has 2 aromatic carbocycles. The predicted molar refractivity (Wildman–Crippen MR) is 105 cm³/mol. The number of phenols is 1. The van der Waals surface area contributed by atoms with E-state index >= 15 is 0 Å². The van der Waals surface area contributed by atoms with Gasteiger partial charge in [0.15, 0.2) is 17.3 Å². The summed E-state index contributed by atoms with van der Waals surface area (Å²) in [6.45, 7) is 0.804. The summed E-state index contributed by atoms with van der Waals surface area (Å²) >= 11 is 0. The SMILES string of the molecule is COc1cc(/C=C2\Oc3cc(OCCCCCCO)ccc3C2=O)ccc1O. The number of aliphatic hydroxyl groups excluding tert-OH is 1. The van der Waals surface area contributed by atoms with Gasteiger partial charge in [-0.25, -0.2) is 0 Å². The molecule has 0 saturated heterocycles. The number of carbonyl (C=O) groups excluding carboxylic acids is 1. The Morgan fingerprint density at radius 1 is 1.07 bits per heavy atom. The molecule has 6 nitrogen and oxygen atoms in total. The number of rotatable bonds is 9. The van der Waals surface area contributed by atoms with E-state index in [-0.39, 0.29) is 23.9 Å². The van der Waals surface area contributed by atoms with Gasteiger partial charge < -0.3 is 24.4 Å². The number of Topliss-reactive ketones (excluding diaryl/α,β-unsaturated/α-hetero) is 1. The Balaban J connectivity index is 1.65. The van der Waals surface area contributed by atoms with Crippen LogP contribution in [0.15, 0.2) is 42.2 Å². The van der Waals surface area contributed by atoms with Gasteiger partial charge in [0, 0.05) is 12.7 Å². The van der Waals surface area contributed by atoms with Crippen LogP contribution in [0, 0.1) is 0 Å². The van der Waals surface area contributed by atoms with Crippen LogP contribution in [0.1, 0.15) is 41.6 Å². The molecule has 0 spiro atoms. The maximum atomic E-state index is 12.6. The lowest BCUT2D eigenvalue weighted by molar-refractivity contribution is 0.101. The number of methoxy groups -OCH3 is 1. The van der Waals surface area contributed by atoms with Crippen molar-refractivity contribution in [3.05, 3.63) is 53.3 Å². The van der Waals surface area contributed by atoms with E-state index in [0.717, 1.165) is 25.7 Å². The summed E-state index contributed by atoms with van der Waals surface area (Å²) < 4.78 is 16.5. The highest BCUT2D eigenvalue weighted by atomic mass is 16.5. The number of hydrogen-bond donors (Lipinski definition) is 2. The standard InChI is InChI=1S/C22H24O6/c1-26-20-12-15(6-9-18(20)24)13-21-22(25)17-8-7-16(14-19(17)28-21)27-11-5-3-2-4-10-23/h6-9,12-14,23-24H,2-5,10-11H2,1H3/b21-13-. The molecule has 6 heteroatoms. The number of fused-ring (bicyclic) bond motifs is 1. The van der Waals surface area contributed by atoms with E-state index in [1.54, 1.807) is 36.4 Å². The van der Waals surface area contributed by atoms with Crippen molar-refractivity contribution in [3.8, 4) is 23.0 Å². The third-order valence-corrected chi connectivity index (χ3v) is 4.46. The number of carbonyl (C=O) groups is 1. The fourth-order valence-electron chi connectivity index (χ4n) is 2.95. The number of hydrogen-bond acceptors (Lipinski definition) is 6. The zero-order valence-corrected chi connectivity index (χ0v) is 15.8. The van der Waals surface area contributed by atoms with Gasteiger partial charge >= 0.3 is 0 Å². The van der Waals surface area contributed by atoms with E-state index in [1.165, 1.54) is 13.2 Å². The Morgan fingerprint density at radius 3 is 2.68 bits per heavy atom. The zero-order chi connectivity index (χ0) is 19.9. The Labute approximate surface area is 164 Å². The third kappa shape index (κ3) is 4.64. The third-order valence-electron chi connectivity index (χ3n) is 4.46. The van der Waals surface area contributed by atoms with Crippen LogP contribution >= 0.6 is 0 Å². The lowest BCUT2D eigenvalue weighted by Crippen LogP contribution is -1.98. The molecule has 1 aliphatic heterocycles. The number of unbranched alkanes of at least 4 members (excludes halogenated alkanes) is 3. The number of aromatic hydroxyl groups is 1. The van der Waals surface area contributed by atoms with Gasteiger partial charge in [0.2, 0.25) is 5.78 Å². The highest BCUT2D eigenvalue weighted by molar-refractivity contribution is 6.14. The molecule has 0 bridgehead atoms. The highest BCUT2D eigenvalue weighted by Gasteiger charge is 2.27. The summed E-state index contributed by atoms with van der Waals surface area (Å²) in [7, 11) is 1.47. The minimum absolute atomic E-state index is 0.0322. The quantitative estimate of drug-likeness (QED) is 0.503. The maximum Gasteiger partial charge on any atom is 0.231 e. The first-order valence-electron chi connectivity index (χ1n) is 9.31. The fraction of sp³-hybridized carbons (Fsp3) is 0.318. The molecule has 0 saturated carbocycles. The van der Waals surface area contributed by atoms with Crippen LogP contribution in [0.3, 0.4) is 0 Å². The zero-order valence-electron chi connectivity index (χ0n) is 15.8. The van der Waals surface area contributed by atoms with Gasteiger partial charge in [0.25, 0.3) is 0 Å². The van der Waals surface area contributed by atoms with Crippen LogP contribution in [-0.2, 0) is 0 Å². The summed E-state index contributed by atoms with van der Waals surface area (Å²) in [4.78, 5) is 12.6. The topological polar surface area (TPSA) is 85.2 Å². The number of aliphatic hydroxyl groups is 1. The first-order chi connectivity index (χ1) is 13.6. The number of phenolic OH excluding ortho intramolecular Hbond substituents is 1. The largest absolute Gasteiger partial charge is 0.504 e. The van der Waals surface area contributed by atoms with E-state index in [0.29, 0.717) is 35.0 Å². The van der Waals surface area contributed by atoms with Gasteiger partial charge in [-0.2, -0.15) is 0 Å². The normalized spacial score (nSPS) is 14.1. The molecule has 3 rings (SSSR count). The van der Waals surface area contributed by atoms with Crippen LogP contribution in [0.25, 0.3) is 6.08 Å². The van der Waals surface area contributed by atoms with Crippen molar-refractivity contribution in [2.24, 2.45) is 0 Å². The average Bonchev–Trinajstić information content (AvgIpc) is 3.01. The van der Waals surface area contributed by atoms with Crippen molar-refractivity contribution in [3.63, 3.8) is 0 Å². The summed E-state index contributed by atoms with van der Waals surface area (Å²) in [6, 6.07) is 10.0. The van der Waals surface area contributed by atoms with Crippen molar-refractivity contribution in [2.45, 2.75) is 25.7 Å². The Kier molecular flexibility index (Phi) is 6.55. The fourth-order valence-corrected chi connectivity index (χ4v) is 2.95. The summed E-state index contributed by atoms with van der Waals surface area (Å²) in [5.74, 6) is 1.50. The van der Waals surface area contributed by atoms with Crippen molar-refractivity contribution < 1.29 is 29.2 Å². The predicted octanol–water partition coefficient (Wildman–Crippen LogP) is 3.95. The van der Waals surface area contributed by atoms with E-state index in [4.69, 9.17) is 19.3 Å². The van der Waals surface area contributed by atoms with Crippen molar-refractivity contribution in [2.75, 3.05) is 20.3 Å². The van der Waals surface area contributed by atoms with Gasteiger partial charge in [0.1, 0.15) is 11.5 Å². The van der Waals surface area contributed by atoms with Crippen LogP contribution < -0.4 is 14.2 Å². The Hall–Kier alpha value is -2.99. The van der Waals surface area contributed by atoms with E-state index in [1.807, 2.05) is 0 Å². The van der Waals surface area contributed by atoms with E-state index in [9.17, 15) is 9.90 Å². The second kappa shape index (κ2) is 9.28. The van der Waals surface area contributed by atoms with Gasteiger partial charge in [-0.05, 0) is 55.2 Å². The van der Waals surface area contributed by atoms with Crippen molar-refractivity contribution in [1.29, 1.82) is 0 Å². The van der Waals surface area contributed by atoms with Gasteiger partial charge in [-0.15, -0.1) is 0 Å². The van der Waals surface area contributed by atoms with E-state index < -0.39 is 0 Å². The van der Waals surface area contributed by atoms with Crippen LogP contribution in [0.5, 0.6) is 23.0 Å². The number of ether oxygens (including phenoxy) is 3. The Morgan fingerprint density at radius 2 is 1.89 bits per heavy atom. The summed E-state index contributed by atoms with van der Waals surface area (Å²) in [5, 5.41) is 18.5. The minimum Gasteiger partial charge on any atom is -0.504 e. The molecular weight excluding hydrogens is 360 g/mol.